The number of benzene rings is 1. The molecule has 0 aromatic carbocycles. The van der Waals surface area contributed by atoms with E-state index >= 15 is 0 Å². The van der Waals surface area contributed by atoms with Crippen molar-refractivity contribution >= 4 is 21.5 Å². The topological polar surface area (TPSA) is 187 Å². The van der Waals surface area contributed by atoms with E-state index < -0.39 is 33.1 Å². The van der Waals surface area contributed by atoms with Gasteiger partial charge in [0.2, 0.25) is 0 Å². The van der Waals surface area contributed by atoms with Crippen molar-refractivity contribution in [3.63, 3.8) is 0 Å². The third-order valence-electron chi connectivity index (χ3n) is 1.67. The molecule has 0 fully saturated rings. The van der Waals surface area contributed by atoms with Gasteiger partial charge in [-0.3, -0.25) is 13.3 Å². The molecule has 1 atom stereocenters. The predicted molar refractivity (Wildman–Crippen MR) is 66.7 cm³/mol. The van der Waals surface area contributed by atoms with Gasteiger partial charge in [-0.2, -0.15) is 8.42 Å². The molecule has 0 bridgehead atoms. The van der Waals surface area contributed by atoms with Gasteiger partial charge in [0.25, 0.3) is 0 Å². The van der Waals surface area contributed by atoms with Gasteiger partial charge in [0, 0.05) is 0 Å². The van der Waals surface area contributed by atoms with Crippen LogP contribution in [0.5, 0.6) is 0 Å². The van der Waals surface area contributed by atoms with Crippen molar-refractivity contribution in [3.05, 3.63) is 24.3 Å². The van der Waals surface area contributed by atoms with E-state index in [1.54, 1.807) is 0 Å². The van der Waals surface area contributed by atoms with Gasteiger partial charge in [-0.05, 0) is 28.3 Å². The van der Waals surface area contributed by atoms with Gasteiger partial charge in [0.15, 0.2) is 4.99 Å². The van der Waals surface area contributed by atoms with Crippen molar-refractivity contribution < 1.29 is 31.4 Å². The molecular weight excluding hydrogens is 300 g/mol. The van der Waals surface area contributed by atoms with Crippen LogP contribution in [0.4, 0.5) is 0 Å². The molecule has 11 heteroatoms. The summed E-state index contributed by atoms with van der Waals surface area (Å²) in [5.74, 6) is 0. The summed E-state index contributed by atoms with van der Waals surface area (Å²) in [4.78, 5) is -1.99. The minimum absolute atomic E-state index is 0.775. The first-order valence-corrected chi connectivity index (χ1v) is 7.03. The van der Waals surface area contributed by atoms with E-state index in [0.717, 1.165) is 0 Å². The lowest BCUT2D eigenvalue weighted by molar-refractivity contribution is 0.243. The van der Waals surface area contributed by atoms with Crippen molar-refractivity contribution in [2.24, 2.45) is 11.5 Å². The zero-order valence-electron chi connectivity index (χ0n) is 9.46. The van der Waals surface area contributed by atoms with Crippen molar-refractivity contribution in [1.29, 1.82) is 0 Å². The van der Waals surface area contributed by atoms with Crippen molar-refractivity contribution in [2.75, 3.05) is 6.61 Å². The summed E-state index contributed by atoms with van der Waals surface area (Å²) in [5.41, 5.74) is 12.4. The standard InChI is InChI=1S/C6H4.C2H8N2O3S.H2O4S/c1-2-5-4-6(5)3-1;3-2(4,1-5)8(6)7;1-5(2,3)4/h1-4H;5H,1,3-4H2,(H,6,7);(H2,1,2,3,4)/p-1. The second-order valence-electron chi connectivity index (χ2n) is 3.38. The molecule has 1 unspecified atom stereocenters. The van der Waals surface area contributed by atoms with Gasteiger partial charge in [-0.25, -0.2) is 0 Å². The van der Waals surface area contributed by atoms with Crippen LogP contribution in [0, 0.1) is 0 Å². The zero-order chi connectivity index (χ0) is 15.3. The Morgan fingerprint density at radius 1 is 1.26 bits per heavy atom. The lowest BCUT2D eigenvalue weighted by Gasteiger charge is -2.23. The van der Waals surface area contributed by atoms with Gasteiger partial charge in [0.1, 0.15) is 0 Å². The van der Waals surface area contributed by atoms with Crippen LogP contribution in [-0.4, -0.2) is 43.0 Å². The fraction of sp³-hybridized carbons (Fsp3) is 0.250. The van der Waals surface area contributed by atoms with Crippen molar-refractivity contribution in [1.82, 2.24) is 0 Å². The SMILES string of the molecule is NC(N)(CO)S(=O)[O-].O=S(=O)(O)O.c1cc2cc-2c1. The van der Waals surface area contributed by atoms with Crippen molar-refractivity contribution in [2.45, 2.75) is 4.99 Å². The molecule has 19 heavy (non-hydrogen) atoms. The molecule has 0 aromatic heterocycles. The Morgan fingerprint density at radius 2 is 1.63 bits per heavy atom. The summed E-state index contributed by atoms with van der Waals surface area (Å²) >= 11 is -2.62. The highest BCUT2D eigenvalue weighted by Crippen LogP contribution is 2.32. The second-order valence-corrected chi connectivity index (χ2v) is 5.50. The maximum atomic E-state index is 9.84. The number of fused-ring (bicyclic) bond motifs is 1. The normalized spacial score (nSPS) is 13.4. The summed E-state index contributed by atoms with van der Waals surface area (Å²) in [6.07, 6.45) is 0. The number of rotatable bonds is 2. The third kappa shape index (κ3) is 9.63. The summed E-state index contributed by atoms with van der Waals surface area (Å²) in [6, 6.07) is 8.48. The molecule has 0 aromatic rings. The average molecular weight is 313 g/mol. The van der Waals surface area contributed by atoms with E-state index in [0.29, 0.717) is 0 Å². The minimum atomic E-state index is -4.67. The molecule has 0 amide bonds. The molecule has 9 nitrogen and oxygen atoms in total. The van der Waals surface area contributed by atoms with Gasteiger partial charge in [-0.1, -0.05) is 18.2 Å². The smallest absolute Gasteiger partial charge is 0.394 e. The zero-order valence-corrected chi connectivity index (χ0v) is 11.1. The predicted octanol–water partition coefficient (Wildman–Crippen LogP) is -1.56. The van der Waals surface area contributed by atoms with Crippen LogP contribution in [0.25, 0.3) is 11.1 Å². The molecule has 2 aliphatic rings. The Labute approximate surface area is 112 Å². The molecular formula is C8H13N2O7S2-. The van der Waals surface area contributed by atoms with E-state index in [4.69, 9.17) is 34.1 Å². The molecule has 110 valence electrons. The van der Waals surface area contributed by atoms with Gasteiger partial charge in [-0.15, -0.1) is 0 Å². The average Bonchev–Trinajstić information content (AvgIpc) is 2.84. The van der Waals surface area contributed by atoms with Crippen LogP contribution >= 0.6 is 0 Å². The van der Waals surface area contributed by atoms with Crippen molar-refractivity contribution in [3.8, 4) is 11.1 Å². The van der Waals surface area contributed by atoms with E-state index in [-0.39, 0.29) is 0 Å². The Kier molecular flexibility index (Phi) is 6.68. The first kappa shape index (κ1) is 18.1. The van der Waals surface area contributed by atoms with E-state index in [2.05, 4.69) is 24.3 Å². The molecule has 0 aliphatic heterocycles. The van der Waals surface area contributed by atoms with Gasteiger partial charge >= 0.3 is 10.4 Å². The van der Waals surface area contributed by atoms with Crippen LogP contribution in [0.3, 0.4) is 0 Å². The largest absolute Gasteiger partial charge is 0.770 e. The van der Waals surface area contributed by atoms with Gasteiger partial charge in [0.05, 0.1) is 6.61 Å². The number of nitrogens with two attached hydrogens (primary N) is 2. The first-order valence-electron chi connectivity index (χ1n) is 4.55. The summed E-state index contributed by atoms with van der Waals surface area (Å²) in [7, 11) is -4.67. The molecule has 0 radical (unpaired) electrons. The summed E-state index contributed by atoms with van der Waals surface area (Å²) < 4.78 is 51.3. The molecule has 0 heterocycles. The lowest BCUT2D eigenvalue weighted by Crippen LogP contribution is -2.56. The summed E-state index contributed by atoms with van der Waals surface area (Å²) in [6.45, 7) is -0.775. The van der Waals surface area contributed by atoms with Crippen LogP contribution in [-0.2, 0) is 21.5 Å². The lowest BCUT2D eigenvalue weighted by atomic mass is 10.6. The van der Waals surface area contributed by atoms with Crippen LogP contribution in [0.2, 0.25) is 0 Å². The van der Waals surface area contributed by atoms with E-state index in [1.165, 1.54) is 11.1 Å². The molecule has 2 rings (SSSR count). The molecule has 7 N–H and O–H groups in total. The quantitative estimate of drug-likeness (QED) is 0.248. The fourth-order valence-corrected chi connectivity index (χ4v) is 0.834. The van der Waals surface area contributed by atoms with Crippen LogP contribution < -0.4 is 11.5 Å². The first-order chi connectivity index (χ1) is 8.47. The second kappa shape index (κ2) is 7.02. The fourth-order valence-electron chi connectivity index (χ4n) is 0.728. The van der Waals surface area contributed by atoms with Gasteiger partial charge < -0.3 is 21.1 Å². The number of hydrogen-bond donors (Lipinski definition) is 5. The molecule has 0 saturated heterocycles. The van der Waals surface area contributed by atoms with Crippen LogP contribution in [0.15, 0.2) is 24.3 Å². The maximum Gasteiger partial charge on any atom is 0.394 e. The highest BCUT2D eigenvalue weighted by molar-refractivity contribution is 7.80. The molecule has 2 aliphatic carbocycles. The number of aliphatic hydroxyl groups is 1. The minimum Gasteiger partial charge on any atom is -0.770 e. The Balaban J connectivity index is 0.000000263. The Bertz CT molecular complexity index is 519. The van der Waals surface area contributed by atoms with E-state index in [1.807, 2.05) is 0 Å². The molecule has 0 spiro atoms. The van der Waals surface area contributed by atoms with Crippen LogP contribution in [0.1, 0.15) is 0 Å². The maximum absolute atomic E-state index is 9.84. The Morgan fingerprint density at radius 3 is 1.68 bits per heavy atom. The number of aliphatic hydroxyl groups excluding tert-OH is 1. The monoisotopic (exact) mass is 313 g/mol. The Hall–Kier alpha value is -0.920. The molecule has 0 saturated carbocycles. The number of hydrogen-bond acceptors (Lipinski definition) is 7. The highest BCUT2D eigenvalue weighted by Gasteiger charge is 2.17. The highest BCUT2D eigenvalue weighted by atomic mass is 32.3. The third-order valence-corrected chi connectivity index (χ3v) is 2.42. The summed E-state index contributed by atoms with van der Waals surface area (Å²) in [5, 5.41) is 8.12. The van der Waals surface area contributed by atoms with E-state index in [9.17, 15) is 8.76 Å².